The maximum absolute atomic E-state index is 4.84. The van der Waals surface area contributed by atoms with Crippen LogP contribution in [0, 0.1) is 6.92 Å². The molecule has 0 atom stereocenters. The van der Waals surface area contributed by atoms with Crippen molar-refractivity contribution < 1.29 is 0 Å². The fourth-order valence-corrected chi connectivity index (χ4v) is 4.95. The molecule has 1 aliphatic rings. The molecule has 0 bridgehead atoms. The summed E-state index contributed by atoms with van der Waals surface area (Å²) in [6.07, 6.45) is 4.27. The lowest BCUT2D eigenvalue weighted by Crippen LogP contribution is -2.22. The Morgan fingerprint density at radius 2 is 1.73 bits per heavy atom. The van der Waals surface area contributed by atoms with Crippen LogP contribution < -0.4 is 9.70 Å². The molecule has 5 rings (SSSR count). The summed E-state index contributed by atoms with van der Waals surface area (Å²) in [5.74, 6) is 1.11. The molecule has 1 aliphatic heterocycles. The van der Waals surface area contributed by atoms with E-state index in [0.717, 1.165) is 40.7 Å². The molecule has 7 heteroatoms. The molecular formula is C23H24N6S. The number of aromatic nitrogens is 3. The number of aryl methyl sites for hydroxylation is 2. The standard InChI is InChI=1S/C23H24N6S/c1-17-19(16-24-25-23-27(2)20-12-6-7-13-21(20)30-23)22(28-14-8-9-15-28)29(26-17)18-10-4-3-5-11-18/h3-7,10-13,16H,8-9,14-15H2,1-2H3/b24-16-,25-23-. The van der Waals surface area contributed by atoms with Gasteiger partial charge in [0.25, 0.3) is 0 Å². The monoisotopic (exact) mass is 416 g/mol. The third-order valence-electron chi connectivity index (χ3n) is 5.53. The highest BCUT2D eigenvalue weighted by atomic mass is 32.1. The molecular weight excluding hydrogens is 392 g/mol. The molecule has 0 N–H and O–H groups in total. The maximum atomic E-state index is 4.84. The molecule has 1 fully saturated rings. The molecule has 2 aromatic carbocycles. The Labute approximate surface area is 179 Å². The molecule has 0 spiro atoms. The van der Waals surface area contributed by atoms with Gasteiger partial charge in [0.05, 0.1) is 33.4 Å². The van der Waals surface area contributed by atoms with Crippen LogP contribution in [0.15, 0.2) is 64.8 Å². The van der Waals surface area contributed by atoms with Crippen molar-refractivity contribution in [1.29, 1.82) is 0 Å². The third kappa shape index (κ3) is 3.35. The first-order valence-electron chi connectivity index (χ1n) is 10.2. The highest BCUT2D eigenvalue weighted by molar-refractivity contribution is 7.16. The third-order valence-corrected chi connectivity index (χ3v) is 6.64. The number of hydrogen-bond acceptors (Lipinski definition) is 5. The van der Waals surface area contributed by atoms with Gasteiger partial charge >= 0.3 is 0 Å². The van der Waals surface area contributed by atoms with Crippen molar-refractivity contribution in [3.05, 3.63) is 70.7 Å². The van der Waals surface area contributed by atoms with E-state index in [4.69, 9.17) is 5.10 Å². The predicted octanol–water partition coefficient (Wildman–Crippen LogP) is 4.27. The van der Waals surface area contributed by atoms with Crippen molar-refractivity contribution in [2.45, 2.75) is 19.8 Å². The quantitative estimate of drug-likeness (QED) is 0.368. The number of fused-ring (bicyclic) bond motifs is 1. The highest BCUT2D eigenvalue weighted by Gasteiger charge is 2.23. The molecule has 6 nitrogen and oxygen atoms in total. The van der Waals surface area contributed by atoms with Crippen LogP contribution in [0.25, 0.3) is 15.9 Å². The van der Waals surface area contributed by atoms with Gasteiger partial charge in [-0.05, 0) is 44.0 Å². The van der Waals surface area contributed by atoms with Crippen LogP contribution in [0.5, 0.6) is 0 Å². The van der Waals surface area contributed by atoms with Crippen molar-refractivity contribution in [2.24, 2.45) is 17.3 Å². The van der Waals surface area contributed by atoms with Gasteiger partial charge in [0, 0.05) is 20.1 Å². The van der Waals surface area contributed by atoms with E-state index in [0.29, 0.717) is 0 Å². The molecule has 0 radical (unpaired) electrons. The van der Waals surface area contributed by atoms with Crippen molar-refractivity contribution >= 4 is 33.6 Å². The number of benzene rings is 2. The molecule has 0 saturated carbocycles. The zero-order chi connectivity index (χ0) is 20.5. The Bertz CT molecular complexity index is 1270. The molecule has 0 unspecified atom stereocenters. The van der Waals surface area contributed by atoms with Gasteiger partial charge < -0.3 is 9.47 Å². The average molecular weight is 417 g/mol. The molecule has 1 saturated heterocycles. The molecule has 2 aromatic heterocycles. The van der Waals surface area contributed by atoms with E-state index in [9.17, 15) is 0 Å². The average Bonchev–Trinajstić information content (AvgIpc) is 3.48. The Hall–Kier alpha value is -3.19. The zero-order valence-corrected chi connectivity index (χ0v) is 18.0. The van der Waals surface area contributed by atoms with E-state index in [2.05, 4.69) is 50.0 Å². The molecule has 3 heterocycles. The number of thiazole rings is 1. The van der Waals surface area contributed by atoms with Crippen LogP contribution in [0.1, 0.15) is 24.1 Å². The maximum Gasteiger partial charge on any atom is 0.211 e. The lowest BCUT2D eigenvalue weighted by atomic mass is 10.2. The van der Waals surface area contributed by atoms with E-state index in [1.54, 1.807) is 11.3 Å². The molecule has 152 valence electrons. The van der Waals surface area contributed by atoms with Crippen LogP contribution in [0.4, 0.5) is 5.82 Å². The lowest BCUT2D eigenvalue weighted by molar-refractivity contribution is 0.815. The minimum absolute atomic E-state index is 0.878. The van der Waals surface area contributed by atoms with E-state index < -0.39 is 0 Å². The number of hydrogen-bond donors (Lipinski definition) is 0. The van der Waals surface area contributed by atoms with Crippen LogP contribution >= 0.6 is 11.3 Å². The van der Waals surface area contributed by atoms with Crippen LogP contribution in [-0.4, -0.2) is 33.7 Å². The summed E-state index contributed by atoms with van der Waals surface area (Å²) >= 11 is 1.65. The molecule has 30 heavy (non-hydrogen) atoms. The number of nitrogens with zero attached hydrogens (tertiary/aromatic N) is 6. The number of para-hydroxylation sites is 2. The topological polar surface area (TPSA) is 50.7 Å². The fourth-order valence-electron chi connectivity index (χ4n) is 3.97. The Morgan fingerprint density at radius 3 is 2.50 bits per heavy atom. The van der Waals surface area contributed by atoms with Gasteiger partial charge in [-0.25, -0.2) is 4.68 Å². The SMILES string of the molecule is Cc1nn(-c2ccccc2)c(N2CCCC2)c1/C=N\N=c1/sc2ccccc2n1C. The first-order chi connectivity index (χ1) is 14.7. The van der Waals surface area contributed by atoms with E-state index in [1.165, 1.54) is 23.1 Å². The summed E-state index contributed by atoms with van der Waals surface area (Å²) in [6.45, 7) is 4.13. The second-order valence-electron chi connectivity index (χ2n) is 7.52. The second kappa shape index (κ2) is 7.91. The van der Waals surface area contributed by atoms with Gasteiger partial charge in [0.1, 0.15) is 5.82 Å². The van der Waals surface area contributed by atoms with Gasteiger partial charge in [0.2, 0.25) is 4.80 Å². The first-order valence-corrected chi connectivity index (χ1v) is 11.1. The first kappa shape index (κ1) is 18.8. The van der Waals surface area contributed by atoms with Gasteiger partial charge in [-0.2, -0.15) is 10.2 Å². The Kier molecular flexibility index (Phi) is 4.96. The van der Waals surface area contributed by atoms with Gasteiger partial charge in [-0.1, -0.05) is 41.7 Å². The minimum Gasteiger partial charge on any atom is -0.356 e. The van der Waals surface area contributed by atoms with Crippen LogP contribution in [-0.2, 0) is 7.05 Å². The van der Waals surface area contributed by atoms with Crippen molar-refractivity contribution in [2.75, 3.05) is 18.0 Å². The number of rotatable bonds is 4. The lowest BCUT2D eigenvalue weighted by Gasteiger charge is -2.20. The summed E-state index contributed by atoms with van der Waals surface area (Å²) in [6, 6.07) is 18.6. The van der Waals surface area contributed by atoms with E-state index in [1.807, 2.05) is 49.1 Å². The second-order valence-corrected chi connectivity index (χ2v) is 8.53. The number of anilines is 1. The summed E-state index contributed by atoms with van der Waals surface area (Å²) in [5.41, 5.74) is 4.23. The smallest absolute Gasteiger partial charge is 0.211 e. The molecule has 0 aliphatic carbocycles. The van der Waals surface area contributed by atoms with Gasteiger partial charge in [-0.15, -0.1) is 5.10 Å². The highest BCUT2D eigenvalue weighted by Crippen LogP contribution is 2.29. The van der Waals surface area contributed by atoms with Crippen molar-refractivity contribution in [1.82, 2.24) is 14.3 Å². The Morgan fingerprint density at radius 1 is 1.00 bits per heavy atom. The molecule has 4 aromatic rings. The van der Waals surface area contributed by atoms with Gasteiger partial charge in [0.15, 0.2) is 0 Å². The van der Waals surface area contributed by atoms with Crippen LogP contribution in [0.3, 0.4) is 0 Å². The fraction of sp³-hybridized carbons (Fsp3) is 0.261. The van der Waals surface area contributed by atoms with Gasteiger partial charge in [-0.3, -0.25) is 0 Å². The van der Waals surface area contributed by atoms with E-state index in [-0.39, 0.29) is 0 Å². The minimum atomic E-state index is 0.878. The van der Waals surface area contributed by atoms with E-state index >= 15 is 0 Å². The summed E-state index contributed by atoms with van der Waals surface area (Å²) < 4.78 is 5.33. The predicted molar refractivity (Wildman–Crippen MR) is 124 cm³/mol. The normalized spacial score (nSPS) is 15.1. The zero-order valence-electron chi connectivity index (χ0n) is 17.2. The van der Waals surface area contributed by atoms with Crippen molar-refractivity contribution in [3.63, 3.8) is 0 Å². The largest absolute Gasteiger partial charge is 0.356 e. The summed E-state index contributed by atoms with van der Waals surface area (Å²) in [5, 5.41) is 13.8. The molecule has 0 amide bonds. The summed E-state index contributed by atoms with van der Waals surface area (Å²) in [7, 11) is 2.03. The van der Waals surface area contributed by atoms with Crippen LogP contribution in [0.2, 0.25) is 0 Å². The Balaban J connectivity index is 1.58. The summed E-state index contributed by atoms with van der Waals surface area (Å²) in [4.78, 5) is 3.29. The van der Waals surface area contributed by atoms with Crippen molar-refractivity contribution in [3.8, 4) is 5.69 Å².